The van der Waals surface area contributed by atoms with E-state index in [9.17, 15) is 14.0 Å². The predicted molar refractivity (Wildman–Crippen MR) is 175 cm³/mol. The average Bonchev–Trinajstić information content (AvgIpc) is 3.66. The van der Waals surface area contributed by atoms with Crippen LogP contribution in [0.25, 0.3) is 5.69 Å². The number of hydrogen-bond acceptors (Lipinski definition) is 7. The number of aryl methyl sites for hydroxylation is 2. The summed E-state index contributed by atoms with van der Waals surface area (Å²) in [5.74, 6) is -0.0845. The van der Waals surface area contributed by atoms with Crippen molar-refractivity contribution >= 4 is 39.6 Å². The van der Waals surface area contributed by atoms with E-state index in [4.69, 9.17) is 18.6 Å². The van der Waals surface area contributed by atoms with Gasteiger partial charge in [-0.25, -0.2) is 9.82 Å². The summed E-state index contributed by atoms with van der Waals surface area (Å²) in [5.41, 5.74) is 6.16. The fourth-order valence-corrected chi connectivity index (χ4v) is 5.05. The molecule has 0 saturated carbocycles. The summed E-state index contributed by atoms with van der Waals surface area (Å²) in [6, 6.07) is 24.1. The number of hydrazone groups is 1. The van der Waals surface area contributed by atoms with Gasteiger partial charge in [-0.3, -0.25) is 9.59 Å². The second-order valence-electron chi connectivity index (χ2n) is 10.0. The Morgan fingerprint density at radius 1 is 0.978 bits per heavy atom. The van der Waals surface area contributed by atoms with Gasteiger partial charge in [0.05, 0.1) is 19.0 Å². The molecule has 3 aromatic carbocycles. The summed E-state index contributed by atoms with van der Waals surface area (Å²) in [4.78, 5) is 25.1. The molecule has 5 aromatic rings. The molecule has 0 bridgehead atoms. The first-order valence-electron chi connectivity index (χ1n) is 14.1. The normalized spacial score (nSPS) is 11.0. The van der Waals surface area contributed by atoms with Crippen LogP contribution >= 0.6 is 15.9 Å². The first-order chi connectivity index (χ1) is 22.2. The summed E-state index contributed by atoms with van der Waals surface area (Å²) >= 11 is 3.40. The Hall–Kier alpha value is -5.36. The number of anilines is 1. The SMILES string of the molecule is COc1cc(Br)cc(C=NNC(=O)c2ccc(COc3ccc(-n4c(C)ccc4C)cc3)o2)c1OCC(=O)Nc1ccccc1F. The molecule has 0 atom stereocenters. The molecule has 0 aliphatic carbocycles. The third-order valence-electron chi connectivity index (χ3n) is 6.77. The Morgan fingerprint density at radius 3 is 2.43 bits per heavy atom. The van der Waals surface area contributed by atoms with Gasteiger partial charge in [-0.15, -0.1) is 0 Å². The number of halogens is 2. The number of methoxy groups -OCH3 is 1. The van der Waals surface area contributed by atoms with Crippen molar-refractivity contribution in [2.24, 2.45) is 5.10 Å². The lowest BCUT2D eigenvalue weighted by molar-refractivity contribution is -0.118. The van der Waals surface area contributed by atoms with Gasteiger partial charge in [0, 0.05) is 27.1 Å². The van der Waals surface area contributed by atoms with Gasteiger partial charge in [0.15, 0.2) is 23.9 Å². The van der Waals surface area contributed by atoms with Gasteiger partial charge < -0.3 is 28.5 Å². The third kappa shape index (κ3) is 7.83. The number of nitrogens with one attached hydrogen (secondary N) is 2. The van der Waals surface area contributed by atoms with Gasteiger partial charge in [-0.2, -0.15) is 5.10 Å². The van der Waals surface area contributed by atoms with Crippen LogP contribution in [-0.2, 0) is 11.4 Å². The topological polar surface area (TPSA) is 116 Å². The summed E-state index contributed by atoms with van der Waals surface area (Å²) < 4.78 is 39.3. The highest BCUT2D eigenvalue weighted by molar-refractivity contribution is 9.10. The van der Waals surface area contributed by atoms with Crippen LogP contribution in [-0.4, -0.2) is 36.3 Å². The van der Waals surface area contributed by atoms with Crippen LogP contribution in [0.3, 0.4) is 0 Å². The van der Waals surface area contributed by atoms with Crippen LogP contribution in [0.4, 0.5) is 10.1 Å². The molecule has 2 aromatic heterocycles. The average molecular weight is 690 g/mol. The molecule has 46 heavy (non-hydrogen) atoms. The van der Waals surface area contributed by atoms with Crippen LogP contribution in [0.2, 0.25) is 0 Å². The summed E-state index contributed by atoms with van der Waals surface area (Å²) in [5, 5.41) is 6.48. The molecule has 0 spiro atoms. The van der Waals surface area contributed by atoms with Gasteiger partial charge in [-0.1, -0.05) is 28.1 Å². The Balaban J connectivity index is 1.17. The molecule has 236 valence electrons. The second-order valence-corrected chi connectivity index (χ2v) is 11.0. The van der Waals surface area contributed by atoms with Crippen molar-refractivity contribution in [3.05, 3.63) is 124 Å². The Morgan fingerprint density at radius 2 is 1.72 bits per heavy atom. The van der Waals surface area contributed by atoms with Gasteiger partial charge in [0.2, 0.25) is 0 Å². The zero-order valence-corrected chi connectivity index (χ0v) is 26.8. The van der Waals surface area contributed by atoms with Crippen molar-refractivity contribution in [1.82, 2.24) is 9.99 Å². The fraction of sp³-hybridized carbons (Fsp3) is 0.147. The van der Waals surface area contributed by atoms with E-state index in [1.165, 1.54) is 37.6 Å². The predicted octanol–water partition coefficient (Wildman–Crippen LogP) is 6.96. The number of benzene rings is 3. The number of rotatable bonds is 12. The number of furan rings is 1. The molecule has 2 N–H and O–H groups in total. The second kappa shape index (κ2) is 14.6. The van der Waals surface area contributed by atoms with Crippen molar-refractivity contribution in [3.8, 4) is 22.9 Å². The number of ether oxygens (including phenoxy) is 3. The number of carbonyl (C=O) groups excluding carboxylic acids is 2. The van der Waals surface area contributed by atoms with Crippen LogP contribution in [0.5, 0.6) is 17.2 Å². The first kappa shape index (κ1) is 32.0. The molecule has 12 heteroatoms. The van der Waals surface area contributed by atoms with Crippen LogP contribution < -0.4 is 25.0 Å². The highest BCUT2D eigenvalue weighted by Crippen LogP contribution is 2.34. The van der Waals surface area contributed by atoms with Crippen molar-refractivity contribution in [3.63, 3.8) is 0 Å². The number of hydrogen-bond donors (Lipinski definition) is 2. The highest BCUT2D eigenvalue weighted by Gasteiger charge is 2.16. The van der Waals surface area contributed by atoms with E-state index in [0.717, 1.165) is 17.1 Å². The Bertz CT molecular complexity index is 1860. The monoisotopic (exact) mass is 688 g/mol. The minimum Gasteiger partial charge on any atom is -0.493 e. The van der Waals surface area contributed by atoms with E-state index in [2.05, 4.69) is 62.3 Å². The van der Waals surface area contributed by atoms with Crippen LogP contribution in [0, 0.1) is 19.7 Å². The van der Waals surface area contributed by atoms with E-state index < -0.39 is 24.2 Å². The van der Waals surface area contributed by atoms with E-state index in [1.807, 2.05) is 24.3 Å². The van der Waals surface area contributed by atoms with E-state index >= 15 is 0 Å². The zero-order valence-electron chi connectivity index (χ0n) is 25.2. The standard InChI is InChI=1S/C34H30BrFN4O6/c1-21-8-9-22(2)40(21)25-10-12-26(13-11-25)44-19-27-14-15-30(46-27)34(42)39-37-18-23-16-24(35)17-31(43-3)33(23)45-20-32(41)38-29-7-5-4-6-28(29)36/h4-18H,19-20H2,1-3H3,(H,38,41)(H,39,42). The molecular weight excluding hydrogens is 659 g/mol. The highest BCUT2D eigenvalue weighted by atomic mass is 79.9. The van der Waals surface area contributed by atoms with Gasteiger partial charge in [-0.05, 0) is 86.6 Å². The molecule has 0 radical (unpaired) electrons. The van der Waals surface area contributed by atoms with Gasteiger partial charge in [0.25, 0.3) is 5.91 Å². The number of nitrogens with zero attached hydrogens (tertiary/aromatic N) is 2. The molecule has 5 rings (SSSR count). The summed E-state index contributed by atoms with van der Waals surface area (Å²) in [7, 11) is 1.44. The molecule has 0 saturated heterocycles. The van der Waals surface area contributed by atoms with Gasteiger partial charge >= 0.3 is 5.91 Å². The smallest absolute Gasteiger partial charge is 0.307 e. The summed E-state index contributed by atoms with van der Waals surface area (Å²) in [6.45, 7) is 3.80. The summed E-state index contributed by atoms with van der Waals surface area (Å²) in [6.07, 6.45) is 1.34. The maximum Gasteiger partial charge on any atom is 0.307 e. The van der Waals surface area contributed by atoms with E-state index in [0.29, 0.717) is 27.3 Å². The molecule has 0 fully saturated rings. The lowest BCUT2D eigenvalue weighted by Gasteiger charge is -2.14. The van der Waals surface area contributed by atoms with E-state index in [-0.39, 0.29) is 23.8 Å². The first-order valence-corrected chi connectivity index (χ1v) is 14.9. The number of aromatic nitrogens is 1. The lowest BCUT2D eigenvalue weighted by Crippen LogP contribution is -2.21. The third-order valence-corrected chi connectivity index (χ3v) is 7.22. The van der Waals surface area contributed by atoms with Crippen molar-refractivity contribution in [1.29, 1.82) is 0 Å². The molecule has 0 aliphatic rings. The fourth-order valence-electron chi connectivity index (χ4n) is 4.59. The Labute approximate surface area is 272 Å². The number of para-hydroxylation sites is 1. The Kier molecular flexibility index (Phi) is 10.2. The quantitative estimate of drug-likeness (QED) is 0.108. The molecule has 0 unspecified atom stereocenters. The van der Waals surface area contributed by atoms with Crippen molar-refractivity contribution in [2.45, 2.75) is 20.5 Å². The van der Waals surface area contributed by atoms with Crippen molar-refractivity contribution < 1.29 is 32.6 Å². The van der Waals surface area contributed by atoms with Gasteiger partial charge in [0.1, 0.15) is 23.9 Å². The van der Waals surface area contributed by atoms with Crippen molar-refractivity contribution in [2.75, 3.05) is 19.0 Å². The van der Waals surface area contributed by atoms with Crippen LogP contribution in [0.1, 0.15) is 33.3 Å². The molecule has 0 aliphatic heterocycles. The van der Waals surface area contributed by atoms with E-state index in [1.54, 1.807) is 24.3 Å². The largest absolute Gasteiger partial charge is 0.493 e. The molecule has 2 heterocycles. The molecule has 10 nitrogen and oxygen atoms in total. The maximum atomic E-state index is 13.9. The molecular formula is C34H30BrFN4O6. The minimum atomic E-state index is -0.585. The minimum absolute atomic E-state index is 0.0310. The maximum absolute atomic E-state index is 13.9. The number of amides is 2. The zero-order chi connectivity index (χ0) is 32.6. The lowest BCUT2D eigenvalue weighted by atomic mass is 10.2. The van der Waals surface area contributed by atoms with Crippen LogP contribution in [0.15, 0.2) is 98.9 Å². The number of carbonyl (C=O) groups is 2. The molecule has 2 amide bonds.